The van der Waals surface area contributed by atoms with Gasteiger partial charge in [0.05, 0.1) is 11.3 Å². The Hall–Kier alpha value is -1.10. The molecule has 1 rings (SSSR count). The second-order valence-corrected chi connectivity index (χ2v) is 5.58. The van der Waals surface area contributed by atoms with Crippen molar-refractivity contribution >= 4 is 11.8 Å². The summed E-state index contributed by atoms with van der Waals surface area (Å²) in [5.74, 6) is -0.00247. The van der Waals surface area contributed by atoms with Gasteiger partial charge in [0, 0.05) is 20.6 Å². The molecule has 0 spiro atoms. The van der Waals surface area contributed by atoms with Gasteiger partial charge in [-0.3, -0.25) is 9.59 Å². The van der Waals surface area contributed by atoms with Crippen molar-refractivity contribution in [1.82, 2.24) is 15.5 Å². The lowest BCUT2D eigenvalue weighted by Crippen LogP contribution is -2.49. The van der Waals surface area contributed by atoms with Crippen LogP contribution >= 0.6 is 0 Å². The summed E-state index contributed by atoms with van der Waals surface area (Å²) in [5.41, 5.74) is -0.234. The third kappa shape index (κ3) is 3.69. The van der Waals surface area contributed by atoms with Gasteiger partial charge in [-0.15, -0.1) is 0 Å². The van der Waals surface area contributed by atoms with Crippen molar-refractivity contribution in [2.75, 3.05) is 33.7 Å². The largest absolute Gasteiger partial charge is 0.359 e. The number of carbonyl (C=O) groups excluding carboxylic acids is 2. The van der Waals surface area contributed by atoms with Crippen LogP contribution in [-0.4, -0.2) is 50.4 Å². The van der Waals surface area contributed by atoms with Crippen molar-refractivity contribution in [3.05, 3.63) is 0 Å². The average Bonchev–Trinajstić information content (AvgIpc) is 2.45. The molecule has 1 aliphatic rings. The third-order valence-electron chi connectivity index (χ3n) is 4.28. The molecule has 0 saturated carbocycles. The van der Waals surface area contributed by atoms with Gasteiger partial charge in [-0.25, -0.2) is 0 Å². The van der Waals surface area contributed by atoms with Gasteiger partial charge in [0.1, 0.15) is 0 Å². The van der Waals surface area contributed by atoms with E-state index in [0.717, 1.165) is 32.4 Å². The van der Waals surface area contributed by atoms with Crippen molar-refractivity contribution in [3.8, 4) is 0 Å². The van der Waals surface area contributed by atoms with Gasteiger partial charge in [0.2, 0.25) is 11.8 Å². The smallest absolute Gasteiger partial charge is 0.228 e. The van der Waals surface area contributed by atoms with Crippen LogP contribution in [0.4, 0.5) is 0 Å². The second kappa shape index (κ2) is 6.89. The molecule has 2 N–H and O–H groups in total. The van der Waals surface area contributed by atoms with Gasteiger partial charge >= 0.3 is 0 Å². The van der Waals surface area contributed by atoms with Gasteiger partial charge in [0.25, 0.3) is 0 Å². The van der Waals surface area contributed by atoms with E-state index in [2.05, 4.69) is 17.6 Å². The molecule has 0 aliphatic carbocycles. The van der Waals surface area contributed by atoms with Crippen molar-refractivity contribution in [2.24, 2.45) is 11.3 Å². The SMILES string of the molecule is CCC1(C(=O)N(C)CC(C)C(=O)NC)CCNCC1. The van der Waals surface area contributed by atoms with Crippen LogP contribution in [0.1, 0.15) is 33.1 Å². The Morgan fingerprint density at radius 3 is 2.42 bits per heavy atom. The van der Waals surface area contributed by atoms with E-state index in [0.29, 0.717) is 6.54 Å². The fraction of sp³-hybridized carbons (Fsp3) is 0.857. The Morgan fingerprint density at radius 1 is 1.37 bits per heavy atom. The van der Waals surface area contributed by atoms with Crippen molar-refractivity contribution in [3.63, 3.8) is 0 Å². The van der Waals surface area contributed by atoms with E-state index in [9.17, 15) is 9.59 Å². The van der Waals surface area contributed by atoms with E-state index < -0.39 is 0 Å². The van der Waals surface area contributed by atoms with Gasteiger partial charge in [-0.05, 0) is 32.4 Å². The summed E-state index contributed by atoms with van der Waals surface area (Å²) in [6.07, 6.45) is 2.65. The normalized spacial score (nSPS) is 19.6. The number of nitrogens with zero attached hydrogens (tertiary/aromatic N) is 1. The molecule has 0 aromatic heterocycles. The topological polar surface area (TPSA) is 61.4 Å². The predicted molar refractivity (Wildman–Crippen MR) is 75.7 cm³/mol. The summed E-state index contributed by atoms with van der Waals surface area (Å²) in [7, 11) is 3.43. The lowest BCUT2D eigenvalue weighted by atomic mass is 9.75. The Balaban J connectivity index is 2.66. The third-order valence-corrected chi connectivity index (χ3v) is 4.28. The molecule has 5 heteroatoms. The number of hydrogen-bond acceptors (Lipinski definition) is 3. The standard InChI is InChI=1S/C14H27N3O2/c1-5-14(6-8-16-9-7-14)13(19)17(4)10-11(2)12(18)15-3/h11,16H,5-10H2,1-4H3,(H,15,18). The van der Waals surface area contributed by atoms with Crippen molar-refractivity contribution in [2.45, 2.75) is 33.1 Å². The number of nitrogens with one attached hydrogen (secondary N) is 2. The first kappa shape index (κ1) is 16.0. The summed E-state index contributed by atoms with van der Waals surface area (Å²) in [6, 6.07) is 0. The van der Waals surface area contributed by atoms with E-state index in [4.69, 9.17) is 0 Å². The zero-order valence-electron chi connectivity index (χ0n) is 12.6. The van der Waals surface area contributed by atoms with E-state index >= 15 is 0 Å². The minimum absolute atomic E-state index is 0.0180. The second-order valence-electron chi connectivity index (χ2n) is 5.58. The fourth-order valence-corrected chi connectivity index (χ4v) is 2.85. The van der Waals surface area contributed by atoms with E-state index in [1.54, 1.807) is 19.0 Å². The summed E-state index contributed by atoms with van der Waals surface area (Å²) in [5, 5.41) is 5.93. The quantitative estimate of drug-likeness (QED) is 0.768. The molecule has 0 aromatic rings. The summed E-state index contributed by atoms with van der Waals surface area (Å²) < 4.78 is 0. The van der Waals surface area contributed by atoms with Crippen LogP contribution in [0.2, 0.25) is 0 Å². The average molecular weight is 269 g/mol. The van der Waals surface area contributed by atoms with Crippen LogP contribution in [0.3, 0.4) is 0 Å². The Morgan fingerprint density at radius 2 is 1.95 bits per heavy atom. The lowest BCUT2D eigenvalue weighted by molar-refractivity contribution is -0.143. The van der Waals surface area contributed by atoms with Crippen LogP contribution in [0.25, 0.3) is 0 Å². The van der Waals surface area contributed by atoms with Crippen molar-refractivity contribution in [1.29, 1.82) is 0 Å². The highest BCUT2D eigenvalue weighted by Crippen LogP contribution is 2.34. The molecule has 1 unspecified atom stereocenters. The van der Waals surface area contributed by atoms with Gasteiger partial charge in [-0.1, -0.05) is 13.8 Å². The van der Waals surface area contributed by atoms with Gasteiger partial charge in [0.15, 0.2) is 0 Å². The minimum atomic E-state index is -0.234. The molecule has 1 aliphatic heterocycles. The van der Waals surface area contributed by atoms with Crippen LogP contribution in [-0.2, 0) is 9.59 Å². The minimum Gasteiger partial charge on any atom is -0.359 e. The highest BCUT2D eigenvalue weighted by atomic mass is 16.2. The molecule has 5 nitrogen and oxygen atoms in total. The first-order valence-corrected chi connectivity index (χ1v) is 7.14. The summed E-state index contributed by atoms with van der Waals surface area (Å²) in [6.45, 7) is 6.22. The Bertz CT molecular complexity index is 325. The molecular weight excluding hydrogens is 242 g/mol. The van der Waals surface area contributed by atoms with E-state index in [-0.39, 0.29) is 23.1 Å². The number of rotatable bonds is 5. The van der Waals surface area contributed by atoms with E-state index in [1.165, 1.54) is 0 Å². The van der Waals surface area contributed by atoms with Crippen molar-refractivity contribution < 1.29 is 9.59 Å². The van der Waals surface area contributed by atoms with Crippen LogP contribution in [0, 0.1) is 11.3 Å². The molecule has 0 bridgehead atoms. The first-order valence-electron chi connectivity index (χ1n) is 7.14. The summed E-state index contributed by atoms with van der Waals surface area (Å²) >= 11 is 0. The predicted octanol–water partition coefficient (Wildman–Crippen LogP) is 0.607. The molecule has 1 fully saturated rings. The maximum atomic E-state index is 12.7. The number of hydrogen-bond donors (Lipinski definition) is 2. The van der Waals surface area contributed by atoms with Crippen LogP contribution < -0.4 is 10.6 Å². The van der Waals surface area contributed by atoms with Gasteiger partial charge < -0.3 is 15.5 Å². The first-order chi connectivity index (χ1) is 8.96. The van der Waals surface area contributed by atoms with Crippen LogP contribution in [0.15, 0.2) is 0 Å². The zero-order valence-corrected chi connectivity index (χ0v) is 12.6. The maximum absolute atomic E-state index is 12.7. The Labute approximate surface area is 116 Å². The van der Waals surface area contributed by atoms with Gasteiger partial charge in [-0.2, -0.15) is 0 Å². The zero-order chi connectivity index (χ0) is 14.5. The number of piperidine rings is 1. The maximum Gasteiger partial charge on any atom is 0.228 e. The molecule has 2 amide bonds. The lowest BCUT2D eigenvalue weighted by Gasteiger charge is -2.38. The van der Waals surface area contributed by atoms with E-state index in [1.807, 2.05) is 6.92 Å². The molecular formula is C14H27N3O2. The molecule has 1 saturated heterocycles. The molecule has 110 valence electrons. The molecule has 0 aromatic carbocycles. The highest BCUT2D eigenvalue weighted by Gasteiger charge is 2.39. The summed E-state index contributed by atoms with van der Waals surface area (Å²) in [4.78, 5) is 25.9. The Kier molecular flexibility index (Phi) is 5.79. The monoisotopic (exact) mass is 269 g/mol. The van der Waals surface area contributed by atoms with Crippen LogP contribution in [0.5, 0.6) is 0 Å². The number of carbonyl (C=O) groups is 2. The molecule has 0 radical (unpaired) electrons. The fourth-order valence-electron chi connectivity index (χ4n) is 2.85. The number of amides is 2. The molecule has 1 atom stereocenters. The highest BCUT2D eigenvalue weighted by molar-refractivity contribution is 5.84. The molecule has 19 heavy (non-hydrogen) atoms. The molecule has 1 heterocycles.